The van der Waals surface area contributed by atoms with E-state index in [0.29, 0.717) is 12.2 Å². The molecule has 0 amide bonds. The van der Waals surface area contributed by atoms with Crippen molar-refractivity contribution in [1.82, 2.24) is 18.2 Å². The van der Waals surface area contributed by atoms with E-state index in [1.54, 1.807) is 36.7 Å². The van der Waals surface area contributed by atoms with Crippen LogP contribution in [0.2, 0.25) is 0 Å². The van der Waals surface area contributed by atoms with Crippen LogP contribution >= 0.6 is 0 Å². The van der Waals surface area contributed by atoms with Crippen molar-refractivity contribution in [3.8, 4) is 5.75 Å². The lowest BCUT2D eigenvalue weighted by atomic mass is 10.3. The van der Waals surface area contributed by atoms with Gasteiger partial charge in [-0.3, -0.25) is 0 Å². The molecule has 0 saturated carbocycles. The Morgan fingerprint density at radius 2 is 1.57 bits per heavy atom. The molecule has 0 N–H and O–H groups in total. The summed E-state index contributed by atoms with van der Waals surface area (Å²) in [7, 11) is -4.43. The molecule has 28 heavy (non-hydrogen) atoms. The monoisotopic (exact) mass is 428 g/mol. The van der Waals surface area contributed by atoms with Crippen LogP contribution in [0, 0.1) is 6.92 Å². The fraction of sp³-hybridized carbons (Fsp3) is 0.471. The average Bonchev–Trinajstić information content (AvgIpc) is 2.88. The van der Waals surface area contributed by atoms with E-state index in [-0.39, 0.29) is 41.8 Å². The van der Waals surface area contributed by atoms with Gasteiger partial charge in [0.05, 0.1) is 7.11 Å². The fourth-order valence-electron chi connectivity index (χ4n) is 3.10. The second kappa shape index (κ2) is 7.82. The van der Waals surface area contributed by atoms with Gasteiger partial charge in [0.1, 0.15) is 16.5 Å². The molecule has 0 spiro atoms. The lowest BCUT2D eigenvalue weighted by molar-refractivity contribution is 0.388. The number of ether oxygens (including phenoxy) is 1. The van der Waals surface area contributed by atoms with Gasteiger partial charge < -0.3 is 9.30 Å². The molecule has 1 saturated heterocycles. The maximum absolute atomic E-state index is 13.1. The van der Waals surface area contributed by atoms with E-state index in [0.717, 1.165) is 0 Å². The molecule has 2 aromatic rings. The molecule has 2 heterocycles. The smallest absolute Gasteiger partial charge is 0.262 e. The molecule has 0 atom stereocenters. The molecular weight excluding hydrogens is 404 g/mol. The maximum Gasteiger partial charge on any atom is 0.262 e. The predicted octanol–water partition coefficient (Wildman–Crippen LogP) is 0.822. The number of para-hydroxylation sites is 1. The summed E-state index contributed by atoms with van der Waals surface area (Å²) in [6, 6.07) is 6.41. The highest BCUT2D eigenvalue weighted by atomic mass is 32.2. The van der Waals surface area contributed by atoms with Crippen LogP contribution in [0.5, 0.6) is 5.75 Å². The van der Waals surface area contributed by atoms with Gasteiger partial charge in [0.15, 0.2) is 5.03 Å². The van der Waals surface area contributed by atoms with E-state index in [4.69, 9.17) is 4.74 Å². The SMILES string of the molecule is COc1ccccc1S(=O)(=O)N1CCCN(S(=O)(=O)c2cn(C)c(C)n2)CC1. The highest BCUT2D eigenvalue weighted by Gasteiger charge is 2.34. The van der Waals surface area contributed by atoms with Gasteiger partial charge in [0, 0.05) is 39.4 Å². The minimum absolute atomic E-state index is 0.0199. The zero-order chi connectivity index (χ0) is 20.5. The Kier molecular flexibility index (Phi) is 5.80. The summed E-state index contributed by atoms with van der Waals surface area (Å²) >= 11 is 0. The van der Waals surface area contributed by atoms with Crippen molar-refractivity contribution in [3.05, 3.63) is 36.3 Å². The average molecular weight is 429 g/mol. The highest BCUT2D eigenvalue weighted by molar-refractivity contribution is 7.89. The molecule has 1 fully saturated rings. The third-order valence-corrected chi connectivity index (χ3v) is 8.50. The first-order valence-corrected chi connectivity index (χ1v) is 11.7. The van der Waals surface area contributed by atoms with Gasteiger partial charge in [-0.15, -0.1) is 0 Å². The van der Waals surface area contributed by atoms with Crippen molar-refractivity contribution in [1.29, 1.82) is 0 Å². The molecule has 1 aliphatic heterocycles. The third kappa shape index (κ3) is 3.79. The van der Waals surface area contributed by atoms with Crippen molar-refractivity contribution in [2.45, 2.75) is 23.3 Å². The molecule has 11 heteroatoms. The van der Waals surface area contributed by atoms with Crippen LogP contribution in [0.1, 0.15) is 12.2 Å². The minimum Gasteiger partial charge on any atom is -0.495 e. The van der Waals surface area contributed by atoms with Gasteiger partial charge in [-0.2, -0.15) is 8.61 Å². The molecule has 3 rings (SSSR count). The maximum atomic E-state index is 13.1. The van der Waals surface area contributed by atoms with E-state index in [9.17, 15) is 16.8 Å². The van der Waals surface area contributed by atoms with Gasteiger partial charge in [-0.05, 0) is 25.5 Å². The van der Waals surface area contributed by atoms with Crippen molar-refractivity contribution >= 4 is 20.0 Å². The fourth-order valence-corrected chi connectivity index (χ4v) is 6.23. The van der Waals surface area contributed by atoms with Crippen LogP contribution in [0.25, 0.3) is 0 Å². The lowest BCUT2D eigenvalue weighted by Crippen LogP contribution is -2.37. The van der Waals surface area contributed by atoms with Crippen molar-refractivity contribution in [3.63, 3.8) is 0 Å². The van der Waals surface area contributed by atoms with Crippen molar-refractivity contribution in [2.75, 3.05) is 33.3 Å². The van der Waals surface area contributed by atoms with Gasteiger partial charge in [0.2, 0.25) is 10.0 Å². The summed E-state index contributed by atoms with van der Waals surface area (Å²) in [4.78, 5) is 4.19. The normalized spacial score (nSPS) is 17.4. The van der Waals surface area contributed by atoms with E-state index in [1.807, 2.05) is 0 Å². The lowest BCUT2D eigenvalue weighted by Gasteiger charge is -2.22. The van der Waals surface area contributed by atoms with E-state index in [2.05, 4.69) is 4.98 Å². The molecule has 0 unspecified atom stereocenters. The number of nitrogens with zero attached hydrogens (tertiary/aromatic N) is 4. The van der Waals surface area contributed by atoms with E-state index >= 15 is 0 Å². The molecule has 0 bridgehead atoms. The van der Waals surface area contributed by atoms with Crippen LogP contribution in [0.3, 0.4) is 0 Å². The Labute approximate surface area is 165 Å². The number of imidazole rings is 1. The highest BCUT2D eigenvalue weighted by Crippen LogP contribution is 2.27. The largest absolute Gasteiger partial charge is 0.495 e. The number of aryl methyl sites for hydroxylation is 2. The number of hydrogen-bond donors (Lipinski definition) is 0. The Morgan fingerprint density at radius 3 is 2.14 bits per heavy atom. The van der Waals surface area contributed by atoms with Gasteiger partial charge in [-0.1, -0.05) is 12.1 Å². The topological polar surface area (TPSA) is 102 Å². The summed E-state index contributed by atoms with van der Waals surface area (Å²) in [5.74, 6) is 0.856. The Morgan fingerprint density at radius 1 is 0.964 bits per heavy atom. The van der Waals surface area contributed by atoms with Crippen LogP contribution in [-0.2, 0) is 27.1 Å². The first-order chi connectivity index (χ1) is 13.2. The zero-order valence-electron chi connectivity index (χ0n) is 16.1. The first kappa shape index (κ1) is 20.8. The Balaban J connectivity index is 1.83. The van der Waals surface area contributed by atoms with Gasteiger partial charge in [-0.25, -0.2) is 21.8 Å². The molecule has 0 aliphatic carbocycles. The van der Waals surface area contributed by atoms with E-state index in [1.165, 1.54) is 28.0 Å². The molecule has 1 aromatic carbocycles. The number of benzene rings is 1. The summed E-state index contributed by atoms with van der Waals surface area (Å²) in [5, 5.41) is -0.0199. The quantitative estimate of drug-likeness (QED) is 0.699. The summed E-state index contributed by atoms with van der Waals surface area (Å²) in [6.45, 7) is 2.31. The number of hydrogen-bond acceptors (Lipinski definition) is 6. The molecule has 1 aromatic heterocycles. The molecule has 9 nitrogen and oxygen atoms in total. The van der Waals surface area contributed by atoms with Crippen LogP contribution in [0.4, 0.5) is 0 Å². The number of rotatable bonds is 5. The number of sulfonamides is 2. The Bertz CT molecular complexity index is 1040. The summed E-state index contributed by atoms with van der Waals surface area (Å²) in [6.07, 6.45) is 1.86. The molecule has 154 valence electrons. The second-order valence-corrected chi connectivity index (χ2v) is 10.3. The van der Waals surface area contributed by atoms with Crippen molar-refractivity contribution in [2.24, 2.45) is 7.05 Å². The predicted molar refractivity (Wildman–Crippen MR) is 103 cm³/mol. The van der Waals surface area contributed by atoms with Gasteiger partial charge in [0.25, 0.3) is 10.0 Å². The van der Waals surface area contributed by atoms with E-state index < -0.39 is 20.0 Å². The first-order valence-electron chi connectivity index (χ1n) is 8.81. The van der Waals surface area contributed by atoms with Gasteiger partial charge >= 0.3 is 0 Å². The molecular formula is C17H24N4O5S2. The number of methoxy groups -OCH3 is 1. The second-order valence-electron chi connectivity index (χ2n) is 6.55. The van der Waals surface area contributed by atoms with Crippen LogP contribution < -0.4 is 4.74 Å². The van der Waals surface area contributed by atoms with Crippen LogP contribution in [-0.4, -0.2) is 68.3 Å². The molecule has 0 radical (unpaired) electrons. The summed E-state index contributed by atoms with van der Waals surface area (Å²) < 4.78 is 61.3. The zero-order valence-corrected chi connectivity index (χ0v) is 17.7. The summed E-state index contributed by atoms with van der Waals surface area (Å²) in [5.41, 5.74) is 0. The molecule has 1 aliphatic rings. The van der Waals surface area contributed by atoms with Crippen LogP contribution in [0.15, 0.2) is 40.4 Å². The van der Waals surface area contributed by atoms with Crippen molar-refractivity contribution < 1.29 is 21.6 Å². The standard InChI is InChI=1S/C17H24N4O5S2/c1-14-18-17(13-19(14)2)28(24,25)21-10-6-9-20(11-12-21)27(22,23)16-8-5-4-7-15(16)26-3/h4-5,7-8,13H,6,9-12H2,1-3H3. The third-order valence-electron chi connectivity index (χ3n) is 4.79. The number of aromatic nitrogens is 2. The Hall–Kier alpha value is -1.95. The minimum atomic E-state index is -3.80.